The minimum atomic E-state index is 0.327. The van der Waals surface area contributed by atoms with E-state index in [2.05, 4.69) is 45.3 Å². The SMILES string of the molecule is N/C(CCCN1CCN(Cc2ccccc2)CC1)=N\O. The average molecular weight is 276 g/mol. The Labute approximate surface area is 120 Å². The lowest BCUT2D eigenvalue weighted by molar-refractivity contribution is 0.126. The van der Waals surface area contributed by atoms with Gasteiger partial charge in [-0.1, -0.05) is 35.5 Å². The number of hydrogen-bond acceptors (Lipinski definition) is 4. The van der Waals surface area contributed by atoms with E-state index in [-0.39, 0.29) is 0 Å². The number of piperazine rings is 1. The summed E-state index contributed by atoms with van der Waals surface area (Å²) >= 11 is 0. The molecule has 110 valence electrons. The zero-order valence-corrected chi connectivity index (χ0v) is 11.9. The van der Waals surface area contributed by atoms with Crippen LogP contribution in [0.15, 0.2) is 35.5 Å². The van der Waals surface area contributed by atoms with E-state index in [4.69, 9.17) is 10.9 Å². The van der Waals surface area contributed by atoms with Gasteiger partial charge in [0.1, 0.15) is 5.84 Å². The molecule has 0 aromatic heterocycles. The fraction of sp³-hybridized carbons (Fsp3) is 0.533. The Morgan fingerprint density at radius 3 is 2.40 bits per heavy atom. The topological polar surface area (TPSA) is 65.1 Å². The molecule has 0 saturated carbocycles. The van der Waals surface area contributed by atoms with Crippen LogP contribution >= 0.6 is 0 Å². The van der Waals surface area contributed by atoms with Crippen LogP contribution in [0.1, 0.15) is 18.4 Å². The Hall–Kier alpha value is -1.59. The molecular weight excluding hydrogens is 252 g/mol. The number of nitrogens with zero attached hydrogens (tertiary/aromatic N) is 3. The standard InChI is InChI=1S/C15H24N4O/c16-15(17-20)7-4-8-18-9-11-19(12-10-18)13-14-5-2-1-3-6-14/h1-3,5-6,20H,4,7-13H2,(H2,16,17). The van der Waals surface area contributed by atoms with Crippen molar-refractivity contribution in [1.82, 2.24) is 9.80 Å². The minimum absolute atomic E-state index is 0.327. The smallest absolute Gasteiger partial charge is 0.139 e. The van der Waals surface area contributed by atoms with Gasteiger partial charge in [-0.2, -0.15) is 0 Å². The summed E-state index contributed by atoms with van der Waals surface area (Å²) in [5.41, 5.74) is 6.85. The van der Waals surface area contributed by atoms with Crippen molar-refractivity contribution in [3.63, 3.8) is 0 Å². The molecule has 2 rings (SSSR count). The second-order valence-electron chi connectivity index (χ2n) is 5.30. The van der Waals surface area contributed by atoms with Crippen molar-refractivity contribution in [2.24, 2.45) is 10.9 Å². The molecule has 0 atom stereocenters. The number of nitrogens with two attached hydrogens (primary N) is 1. The normalized spacial score (nSPS) is 18.3. The summed E-state index contributed by atoms with van der Waals surface area (Å²) in [6, 6.07) is 10.6. The molecule has 0 bridgehead atoms. The van der Waals surface area contributed by atoms with E-state index < -0.39 is 0 Å². The van der Waals surface area contributed by atoms with Gasteiger partial charge < -0.3 is 15.8 Å². The highest BCUT2D eigenvalue weighted by Gasteiger charge is 2.16. The molecule has 0 amide bonds. The highest BCUT2D eigenvalue weighted by Crippen LogP contribution is 2.08. The maximum atomic E-state index is 8.49. The zero-order valence-electron chi connectivity index (χ0n) is 11.9. The molecule has 1 fully saturated rings. The summed E-state index contributed by atoms with van der Waals surface area (Å²) in [5.74, 6) is 0.327. The third kappa shape index (κ3) is 4.83. The van der Waals surface area contributed by atoms with E-state index in [1.807, 2.05) is 0 Å². The Morgan fingerprint density at radius 2 is 1.75 bits per heavy atom. The van der Waals surface area contributed by atoms with Crippen molar-refractivity contribution in [1.29, 1.82) is 0 Å². The molecule has 0 aliphatic carbocycles. The first-order valence-electron chi connectivity index (χ1n) is 7.23. The Kier molecular flexibility index (Phi) is 5.83. The molecule has 5 nitrogen and oxygen atoms in total. The Balaban J connectivity index is 1.65. The number of rotatable bonds is 6. The molecule has 5 heteroatoms. The molecule has 1 aromatic carbocycles. The largest absolute Gasteiger partial charge is 0.409 e. The Morgan fingerprint density at radius 1 is 1.10 bits per heavy atom. The molecular formula is C15H24N4O. The number of benzene rings is 1. The summed E-state index contributed by atoms with van der Waals surface area (Å²) in [5, 5.41) is 11.5. The van der Waals surface area contributed by atoms with Crippen LogP contribution in [0.3, 0.4) is 0 Å². The van der Waals surface area contributed by atoms with Crippen molar-refractivity contribution in [3.05, 3.63) is 35.9 Å². The molecule has 1 aromatic rings. The first kappa shape index (κ1) is 14.8. The van der Waals surface area contributed by atoms with Crippen LogP contribution in [0, 0.1) is 0 Å². The summed E-state index contributed by atoms with van der Waals surface area (Å²) in [6.07, 6.45) is 1.62. The second-order valence-corrected chi connectivity index (χ2v) is 5.30. The Bertz CT molecular complexity index is 413. The van der Waals surface area contributed by atoms with Crippen molar-refractivity contribution >= 4 is 5.84 Å². The molecule has 1 aliphatic heterocycles. The molecule has 0 spiro atoms. The van der Waals surface area contributed by atoms with Gasteiger partial charge in [0, 0.05) is 39.1 Å². The number of amidine groups is 1. The van der Waals surface area contributed by atoms with E-state index in [1.54, 1.807) is 0 Å². The number of hydrogen-bond donors (Lipinski definition) is 2. The average Bonchev–Trinajstić information content (AvgIpc) is 2.50. The fourth-order valence-corrected chi connectivity index (χ4v) is 2.55. The van der Waals surface area contributed by atoms with Crippen molar-refractivity contribution in [2.45, 2.75) is 19.4 Å². The maximum Gasteiger partial charge on any atom is 0.139 e. The lowest BCUT2D eigenvalue weighted by Gasteiger charge is -2.34. The van der Waals surface area contributed by atoms with Crippen LogP contribution in [-0.2, 0) is 6.54 Å². The van der Waals surface area contributed by atoms with Gasteiger partial charge in [-0.15, -0.1) is 0 Å². The lowest BCUT2D eigenvalue weighted by atomic mass is 10.2. The van der Waals surface area contributed by atoms with Crippen LogP contribution in [-0.4, -0.2) is 53.6 Å². The van der Waals surface area contributed by atoms with Gasteiger partial charge in [-0.05, 0) is 18.5 Å². The van der Waals surface area contributed by atoms with Crippen LogP contribution in [0.4, 0.5) is 0 Å². The molecule has 1 saturated heterocycles. The molecule has 0 unspecified atom stereocenters. The van der Waals surface area contributed by atoms with Gasteiger partial charge >= 0.3 is 0 Å². The first-order valence-corrected chi connectivity index (χ1v) is 7.23. The van der Waals surface area contributed by atoms with Crippen LogP contribution in [0.5, 0.6) is 0 Å². The maximum absolute atomic E-state index is 8.49. The van der Waals surface area contributed by atoms with Crippen LogP contribution in [0.2, 0.25) is 0 Å². The quantitative estimate of drug-likeness (QED) is 0.356. The third-order valence-corrected chi connectivity index (χ3v) is 3.75. The molecule has 0 radical (unpaired) electrons. The van der Waals surface area contributed by atoms with Crippen LogP contribution < -0.4 is 5.73 Å². The summed E-state index contributed by atoms with van der Waals surface area (Å²) < 4.78 is 0. The third-order valence-electron chi connectivity index (χ3n) is 3.75. The highest BCUT2D eigenvalue weighted by atomic mass is 16.4. The van der Waals surface area contributed by atoms with Crippen molar-refractivity contribution < 1.29 is 5.21 Å². The predicted molar refractivity (Wildman–Crippen MR) is 80.8 cm³/mol. The van der Waals surface area contributed by atoms with Gasteiger partial charge in [-0.3, -0.25) is 4.90 Å². The van der Waals surface area contributed by atoms with E-state index in [0.29, 0.717) is 12.3 Å². The first-order chi connectivity index (χ1) is 9.78. The molecule has 1 aliphatic rings. The highest BCUT2D eigenvalue weighted by molar-refractivity contribution is 5.79. The fourth-order valence-electron chi connectivity index (χ4n) is 2.55. The summed E-state index contributed by atoms with van der Waals surface area (Å²) in [7, 11) is 0. The van der Waals surface area contributed by atoms with Crippen molar-refractivity contribution in [2.75, 3.05) is 32.7 Å². The minimum Gasteiger partial charge on any atom is -0.409 e. The second kappa shape index (κ2) is 7.87. The molecule has 3 N–H and O–H groups in total. The van der Waals surface area contributed by atoms with E-state index >= 15 is 0 Å². The van der Waals surface area contributed by atoms with Gasteiger partial charge in [-0.25, -0.2) is 0 Å². The van der Waals surface area contributed by atoms with Crippen LogP contribution in [0.25, 0.3) is 0 Å². The van der Waals surface area contributed by atoms with E-state index in [0.717, 1.165) is 45.7 Å². The summed E-state index contributed by atoms with van der Waals surface area (Å²) in [6.45, 7) is 6.48. The van der Waals surface area contributed by atoms with Crippen molar-refractivity contribution in [3.8, 4) is 0 Å². The predicted octanol–water partition coefficient (Wildman–Crippen LogP) is 1.33. The number of oxime groups is 1. The summed E-state index contributed by atoms with van der Waals surface area (Å²) in [4.78, 5) is 4.95. The zero-order chi connectivity index (χ0) is 14.2. The molecule has 20 heavy (non-hydrogen) atoms. The monoisotopic (exact) mass is 276 g/mol. The van der Waals surface area contributed by atoms with Gasteiger partial charge in [0.05, 0.1) is 0 Å². The van der Waals surface area contributed by atoms with Gasteiger partial charge in [0.25, 0.3) is 0 Å². The lowest BCUT2D eigenvalue weighted by Crippen LogP contribution is -2.46. The van der Waals surface area contributed by atoms with Gasteiger partial charge in [0.2, 0.25) is 0 Å². The van der Waals surface area contributed by atoms with E-state index in [1.165, 1.54) is 5.56 Å². The van der Waals surface area contributed by atoms with Gasteiger partial charge in [0.15, 0.2) is 0 Å². The molecule has 1 heterocycles. The van der Waals surface area contributed by atoms with E-state index in [9.17, 15) is 0 Å².